The Kier molecular flexibility index (Phi) is 8.48. The fraction of sp³-hybridized carbons (Fsp3) is 0.864. The number of piperidine rings is 2. The molecule has 3 amide bonds. The van der Waals surface area contributed by atoms with Gasteiger partial charge in [-0.25, -0.2) is 4.79 Å². The molecule has 3 rings (SSSR count). The topological polar surface area (TPSA) is 81.8 Å². The molecule has 0 spiro atoms. The molecule has 2 heterocycles. The van der Waals surface area contributed by atoms with Crippen molar-refractivity contribution in [2.45, 2.75) is 70.8 Å². The summed E-state index contributed by atoms with van der Waals surface area (Å²) in [5.41, 5.74) is 0. The zero-order valence-corrected chi connectivity index (χ0v) is 18.0. The lowest BCUT2D eigenvalue weighted by Crippen LogP contribution is -2.55. The smallest absolute Gasteiger partial charge is 0.324 e. The van der Waals surface area contributed by atoms with Crippen LogP contribution < -0.4 is 10.6 Å². The first-order chi connectivity index (χ1) is 14.1. The highest BCUT2D eigenvalue weighted by molar-refractivity contribution is 5.95. The highest BCUT2D eigenvalue weighted by atomic mass is 16.2. The lowest BCUT2D eigenvalue weighted by molar-refractivity contribution is -0.135. The molecule has 0 unspecified atom stereocenters. The van der Waals surface area contributed by atoms with Crippen molar-refractivity contribution in [3.63, 3.8) is 0 Å². The maximum Gasteiger partial charge on any atom is 0.324 e. The molecule has 0 radical (unpaired) electrons. The minimum atomic E-state index is -0.262. The van der Waals surface area contributed by atoms with Crippen LogP contribution >= 0.6 is 0 Å². The molecule has 0 aromatic heterocycles. The summed E-state index contributed by atoms with van der Waals surface area (Å²) in [5, 5.41) is 6.44. The number of rotatable bonds is 7. The van der Waals surface area contributed by atoms with Gasteiger partial charge in [-0.15, -0.1) is 0 Å². The maximum atomic E-state index is 13.2. The molecule has 0 aromatic rings. The van der Waals surface area contributed by atoms with Crippen molar-refractivity contribution in [2.75, 3.05) is 39.3 Å². The lowest BCUT2D eigenvalue weighted by atomic mass is 9.75. The summed E-state index contributed by atoms with van der Waals surface area (Å²) in [6.07, 6.45) is 8.32. The second-order valence-corrected chi connectivity index (χ2v) is 8.97. The number of fused-ring (bicyclic) bond motifs is 1. The molecule has 3 fully saturated rings. The summed E-state index contributed by atoms with van der Waals surface area (Å²) in [4.78, 5) is 41.7. The van der Waals surface area contributed by atoms with Crippen LogP contribution in [0.15, 0.2) is 0 Å². The second-order valence-electron chi connectivity index (χ2n) is 8.97. The molecular weight excluding hydrogens is 368 g/mol. The monoisotopic (exact) mass is 406 g/mol. The summed E-state index contributed by atoms with van der Waals surface area (Å²) in [6, 6.07) is 0.0847. The quantitative estimate of drug-likeness (QED) is 0.677. The van der Waals surface area contributed by atoms with Crippen LogP contribution in [0.25, 0.3) is 0 Å². The number of ketones is 1. The largest absolute Gasteiger partial charge is 0.336 e. The molecule has 0 aromatic carbocycles. The third kappa shape index (κ3) is 6.25. The van der Waals surface area contributed by atoms with Gasteiger partial charge < -0.3 is 15.5 Å². The summed E-state index contributed by atoms with van der Waals surface area (Å²) in [5.74, 6) is 0.235. The van der Waals surface area contributed by atoms with Crippen molar-refractivity contribution in [2.24, 2.45) is 11.8 Å². The van der Waals surface area contributed by atoms with Crippen molar-refractivity contribution >= 4 is 17.7 Å². The third-order valence-electron chi connectivity index (χ3n) is 6.76. The highest BCUT2D eigenvalue weighted by Gasteiger charge is 2.39. The van der Waals surface area contributed by atoms with Crippen molar-refractivity contribution in [3.05, 3.63) is 0 Å². The summed E-state index contributed by atoms with van der Waals surface area (Å²) >= 11 is 0. The Bertz CT molecular complexity index is 576. The molecule has 7 nitrogen and oxygen atoms in total. The van der Waals surface area contributed by atoms with Crippen LogP contribution in [0.1, 0.15) is 64.7 Å². The van der Waals surface area contributed by atoms with E-state index in [1.165, 1.54) is 24.2 Å². The Labute approximate surface area is 174 Å². The van der Waals surface area contributed by atoms with Gasteiger partial charge in [-0.1, -0.05) is 19.8 Å². The molecular formula is C22H38N4O3. The van der Waals surface area contributed by atoms with E-state index in [0.717, 1.165) is 38.9 Å². The van der Waals surface area contributed by atoms with Gasteiger partial charge in [0.15, 0.2) is 0 Å². The first-order valence-corrected chi connectivity index (χ1v) is 11.6. The van der Waals surface area contributed by atoms with Gasteiger partial charge in [-0.05, 0) is 51.1 Å². The fourth-order valence-electron chi connectivity index (χ4n) is 4.98. The summed E-state index contributed by atoms with van der Waals surface area (Å²) in [7, 11) is 0. The maximum absolute atomic E-state index is 13.2. The molecule has 2 saturated heterocycles. The van der Waals surface area contributed by atoms with E-state index in [-0.39, 0.29) is 23.8 Å². The first-order valence-electron chi connectivity index (χ1n) is 11.6. The van der Waals surface area contributed by atoms with Gasteiger partial charge in [0.1, 0.15) is 5.78 Å². The molecule has 7 heteroatoms. The predicted molar refractivity (Wildman–Crippen MR) is 113 cm³/mol. The normalized spacial score (nSPS) is 27.9. The number of imide groups is 1. The number of amides is 3. The van der Waals surface area contributed by atoms with Crippen molar-refractivity contribution in [1.82, 2.24) is 20.4 Å². The summed E-state index contributed by atoms with van der Waals surface area (Å²) < 4.78 is 0. The van der Waals surface area contributed by atoms with E-state index in [1.54, 1.807) is 0 Å². The van der Waals surface area contributed by atoms with Crippen molar-refractivity contribution in [1.29, 1.82) is 0 Å². The van der Waals surface area contributed by atoms with E-state index >= 15 is 0 Å². The first kappa shape index (κ1) is 22.2. The van der Waals surface area contributed by atoms with Gasteiger partial charge >= 0.3 is 6.03 Å². The predicted octanol–water partition coefficient (Wildman–Crippen LogP) is 2.16. The average Bonchev–Trinajstić information content (AvgIpc) is 2.74. The van der Waals surface area contributed by atoms with E-state index in [9.17, 15) is 14.4 Å². The van der Waals surface area contributed by atoms with Crippen LogP contribution in [0.2, 0.25) is 0 Å². The van der Waals surface area contributed by atoms with Crippen LogP contribution in [0.4, 0.5) is 4.79 Å². The Morgan fingerprint density at radius 3 is 2.79 bits per heavy atom. The van der Waals surface area contributed by atoms with E-state index in [2.05, 4.69) is 22.5 Å². The number of hydrogen-bond donors (Lipinski definition) is 2. The summed E-state index contributed by atoms with van der Waals surface area (Å²) in [6.45, 7) is 6.77. The number of carbonyl (C=O) groups is 3. The Hall–Kier alpha value is -1.47. The minimum absolute atomic E-state index is 0.0853. The Balaban J connectivity index is 1.52. The van der Waals surface area contributed by atoms with E-state index < -0.39 is 0 Å². The zero-order chi connectivity index (χ0) is 20.6. The van der Waals surface area contributed by atoms with Crippen LogP contribution in [-0.4, -0.2) is 72.8 Å². The average molecular weight is 407 g/mol. The molecule has 3 atom stereocenters. The minimum Gasteiger partial charge on any atom is -0.336 e. The Morgan fingerprint density at radius 2 is 2.03 bits per heavy atom. The van der Waals surface area contributed by atoms with Crippen molar-refractivity contribution in [3.8, 4) is 0 Å². The lowest BCUT2D eigenvalue weighted by Gasteiger charge is -2.40. The molecule has 2 aliphatic heterocycles. The molecule has 0 bridgehead atoms. The number of likely N-dealkylation sites (tertiary alicyclic amines) is 1. The number of unbranched alkanes of at least 4 members (excludes halogenated alkanes) is 1. The molecule has 2 N–H and O–H groups in total. The number of Topliss-reactive ketones (excluding diaryl/α,β-unsaturated/α-hetero) is 1. The molecule has 164 valence electrons. The van der Waals surface area contributed by atoms with Gasteiger partial charge in [-0.2, -0.15) is 0 Å². The van der Waals surface area contributed by atoms with Gasteiger partial charge in [-0.3, -0.25) is 14.5 Å². The van der Waals surface area contributed by atoms with E-state index in [4.69, 9.17) is 0 Å². The van der Waals surface area contributed by atoms with Gasteiger partial charge in [0.25, 0.3) is 0 Å². The zero-order valence-electron chi connectivity index (χ0n) is 18.0. The molecule has 1 saturated carbocycles. The van der Waals surface area contributed by atoms with Gasteiger partial charge in [0.05, 0.1) is 5.92 Å². The van der Waals surface area contributed by atoms with Gasteiger partial charge in [0.2, 0.25) is 5.91 Å². The Morgan fingerprint density at radius 1 is 1.24 bits per heavy atom. The van der Waals surface area contributed by atoms with Crippen LogP contribution in [0.3, 0.4) is 0 Å². The number of nitrogens with one attached hydrogen (secondary N) is 2. The van der Waals surface area contributed by atoms with Crippen LogP contribution in [0, 0.1) is 11.8 Å². The molecule has 29 heavy (non-hydrogen) atoms. The third-order valence-corrected chi connectivity index (χ3v) is 6.76. The van der Waals surface area contributed by atoms with Gasteiger partial charge in [0, 0.05) is 45.1 Å². The van der Waals surface area contributed by atoms with Crippen LogP contribution in [0.5, 0.6) is 0 Å². The van der Waals surface area contributed by atoms with E-state index in [0.29, 0.717) is 50.7 Å². The van der Waals surface area contributed by atoms with Crippen molar-refractivity contribution < 1.29 is 14.4 Å². The number of urea groups is 1. The SMILES string of the molecule is CCCCN(C(=O)NCCN1CCCCC1)C(=O)[C@H]1CN[C@@H]2CCC(=O)C[C@H]2C1. The number of carbonyl (C=O) groups excluding carboxylic acids is 3. The number of nitrogens with zero attached hydrogens (tertiary/aromatic N) is 2. The highest BCUT2D eigenvalue weighted by Crippen LogP contribution is 2.32. The second kappa shape index (κ2) is 11.1. The van der Waals surface area contributed by atoms with Crippen LogP contribution in [-0.2, 0) is 9.59 Å². The standard InChI is InChI=1S/C22H38N4O3/c1-2-3-12-26(22(29)23-9-13-25-10-5-4-6-11-25)21(28)18-14-17-15-19(27)7-8-20(17)24-16-18/h17-18,20,24H,2-16H2,1H3,(H,23,29)/t17-,18-,20-/m1/s1. The fourth-order valence-corrected chi connectivity index (χ4v) is 4.98. The molecule has 1 aliphatic carbocycles. The van der Waals surface area contributed by atoms with E-state index in [1.807, 2.05) is 0 Å². The molecule has 3 aliphatic rings. The number of hydrogen-bond acceptors (Lipinski definition) is 5.